The topological polar surface area (TPSA) is 18.5 Å². The summed E-state index contributed by atoms with van der Waals surface area (Å²) in [5.41, 5.74) is 0. The van der Waals surface area contributed by atoms with Crippen LogP contribution in [-0.2, 0) is 0 Å². The van der Waals surface area contributed by atoms with Gasteiger partial charge in [-0.05, 0) is 30.9 Å². The Hall–Kier alpha value is -1.91. The van der Waals surface area contributed by atoms with Crippen LogP contribution in [0, 0.1) is 17.5 Å². The summed E-state index contributed by atoms with van der Waals surface area (Å²) in [7, 11) is 0. The molecule has 0 aliphatic carbocycles. The molecule has 0 amide bonds. The molecule has 2 aromatic carbocycles. The van der Waals surface area contributed by atoms with E-state index in [1.54, 1.807) is 6.92 Å². The highest BCUT2D eigenvalue weighted by atomic mass is 19.2. The molecule has 0 fully saturated rings. The van der Waals surface area contributed by atoms with E-state index in [-0.39, 0.29) is 23.5 Å². The van der Waals surface area contributed by atoms with Crippen LogP contribution in [0.3, 0.4) is 0 Å². The average molecular weight is 298 g/mol. The number of hydrogen-bond acceptors (Lipinski definition) is 2. The van der Waals surface area contributed by atoms with Gasteiger partial charge in [-0.3, -0.25) is 0 Å². The highest BCUT2D eigenvalue weighted by Crippen LogP contribution is 2.34. The van der Waals surface area contributed by atoms with Crippen molar-refractivity contribution in [2.75, 3.05) is 13.2 Å². The van der Waals surface area contributed by atoms with Gasteiger partial charge in [0.05, 0.1) is 18.6 Å². The molecule has 2 nitrogen and oxygen atoms in total. The van der Waals surface area contributed by atoms with Gasteiger partial charge in [-0.15, -0.1) is 0 Å². The molecule has 0 bridgehead atoms. The van der Waals surface area contributed by atoms with Gasteiger partial charge in [0, 0.05) is 0 Å². The molecule has 0 unspecified atom stereocenters. The van der Waals surface area contributed by atoms with Crippen LogP contribution in [0.4, 0.5) is 13.2 Å². The third kappa shape index (κ3) is 3.06. The third-order valence-corrected chi connectivity index (χ3v) is 3.11. The largest absolute Gasteiger partial charge is 0.491 e. The minimum atomic E-state index is -1.26. The van der Waals surface area contributed by atoms with E-state index in [9.17, 15) is 13.2 Å². The molecule has 0 radical (unpaired) electrons. The number of unbranched alkanes of at least 4 members (excludes halogenated alkanes) is 1. The molecule has 0 spiro atoms. The minimum Gasteiger partial charge on any atom is -0.491 e. The Kier molecular flexibility index (Phi) is 4.94. The first-order valence-electron chi connectivity index (χ1n) is 6.95. The van der Waals surface area contributed by atoms with Crippen molar-refractivity contribution in [1.29, 1.82) is 0 Å². The molecule has 21 heavy (non-hydrogen) atoms. The number of hydrogen-bond donors (Lipinski definition) is 0. The van der Waals surface area contributed by atoms with Crippen LogP contribution in [0.2, 0.25) is 0 Å². The normalized spacial score (nSPS) is 10.9. The first-order valence-corrected chi connectivity index (χ1v) is 6.95. The summed E-state index contributed by atoms with van der Waals surface area (Å²) >= 11 is 0. The predicted molar refractivity (Wildman–Crippen MR) is 75.4 cm³/mol. The summed E-state index contributed by atoms with van der Waals surface area (Å²) in [6.07, 6.45) is 1.66. The van der Waals surface area contributed by atoms with Gasteiger partial charge >= 0.3 is 0 Å². The van der Waals surface area contributed by atoms with E-state index in [0.717, 1.165) is 12.8 Å². The first kappa shape index (κ1) is 15.5. The van der Waals surface area contributed by atoms with E-state index in [2.05, 4.69) is 0 Å². The predicted octanol–water partition coefficient (Wildman–Crippen LogP) is 4.83. The Morgan fingerprint density at radius 1 is 0.905 bits per heavy atom. The van der Waals surface area contributed by atoms with Gasteiger partial charge in [0.2, 0.25) is 5.82 Å². The van der Waals surface area contributed by atoms with E-state index in [1.807, 2.05) is 6.92 Å². The van der Waals surface area contributed by atoms with Gasteiger partial charge < -0.3 is 9.47 Å². The molecular weight excluding hydrogens is 281 g/mol. The molecule has 0 N–H and O–H groups in total. The number of benzene rings is 2. The monoisotopic (exact) mass is 298 g/mol. The van der Waals surface area contributed by atoms with Gasteiger partial charge in [0.1, 0.15) is 0 Å². The van der Waals surface area contributed by atoms with Crippen molar-refractivity contribution in [3.63, 3.8) is 0 Å². The lowest BCUT2D eigenvalue weighted by Gasteiger charge is -2.12. The lowest BCUT2D eigenvalue weighted by molar-refractivity contribution is 0.294. The maximum absolute atomic E-state index is 14.3. The van der Waals surface area contributed by atoms with Crippen LogP contribution in [0.5, 0.6) is 11.5 Å². The molecule has 0 saturated carbocycles. The number of rotatable bonds is 6. The molecule has 114 valence electrons. The number of ether oxygens (including phenoxy) is 2. The maximum Gasteiger partial charge on any atom is 0.201 e. The zero-order valence-corrected chi connectivity index (χ0v) is 12.0. The van der Waals surface area contributed by atoms with E-state index < -0.39 is 22.8 Å². The summed E-state index contributed by atoms with van der Waals surface area (Å²) < 4.78 is 52.4. The summed E-state index contributed by atoms with van der Waals surface area (Å²) in [5, 5.41) is -0.178. The maximum atomic E-state index is 14.3. The molecular formula is C16H17F3O2. The summed E-state index contributed by atoms with van der Waals surface area (Å²) in [5.74, 6) is -3.62. The lowest BCUT2D eigenvalue weighted by atomic mass is 10.1. The second-order valence-corrected chi connectivity index (χ2v) is 4.61. The molecule has 0 saturated heterocycles. The molecule has 0 aliphatic heterocycles. The second kappa shape index (κ2) is 6.70. The fourth-order valence-corrected chi connectivity index (χ4v) is 2.04. The van der Waals surface area contributed by atoms with Crippen molar-refractivity contribution < 1.29 is 22.6 Å². The quantitative estimate of drug-likeness (QED) is 0.711. The Labute approximate surface area is 121 Å². The molecule has 2 rings (SSSR count). The molecule has 5 heteroatoms. The number of halogens is 3. The standard InChI is InChI=1S/C16H17F3O2/c1-3-5-8-21-11-7-6-10-9-12(20-4-2)15(18)16(19)13(10)14(11)17/h6-7,9H,3-5,8H2,1-2H3. The zero-order chi connectivity index (χ0) is 15.4. The summed E-state index contributed by atoms with van der Waals surface area (Å²) in [6.45, 7) is 4.17. The smallest absolute Gasteiger partial charge is 0.201 e. The highest BCUT2D eigenvalue weighted by Gasteiger charge is 2.20. The Morgan fingerprint density at radius 3 is 2.33 bits per heavy atom. The first-order chi connectivity index (χ1) is 10.1. The zero-order valence-electron chi connectivity index (χ0n) is 12.0. The van der Waals surface area contributed by atoms with E-state index in [1.165, 1.54) is 18.2 Å². The van der Waals surface area contributed by atoms with Crippen LogP contribution in [0.15, 0.2) is 18.2 Å². The molecule has 0 aliphatic rings. The van der Waals surface area contributed by atoms with Gasteiger partial charge in [-0.2, -0.15) is 4.39 Å². The Balaban J connectivity index is 2.49. The average Bonchev–Trinajstić information content (AvgIpc) is 2.47. The Bertz CT molecular complexity index is 641. The van der Waals surface area contributed by atoms with Crippen LogP contribution in [0.1, 0.15) is 26.7 Å². The van der Waals surface area contributed by atoms with Crippen molar-refractivity contribution >= 4 is 10.8 Å². The minimum absolute atomic E-state index is 0.0709. The van der Waals surface area contributed by atoms with Crippen LogP contribution in [-0.4, -0.2) is 13.2 Å². The van der Waals surface area contributed by atoms with E-state index in [0.29, 0.717) is 6.61 Å². The van der Waals surface area contributed by atoms with Gasteiger partial charge in [-0.1, -0.05) is 19.4 Å². The van der Waals surface area contributed by atoms with Crippen LogP contribution in [0.25, 0.3) is 10.8 Å². The van der Waals surface area contributed by atoms with Crippen LogP contribution < -0.4 is 9.47 Å². The van der Waals surface area contributed by atoms with Gasteiger partial charge in [0.15, 0.2) is 23.1 Å². The van der Waals surface area contributed by atoms with E-state index in [4.69, 9.17) is 9.47 Å². The lowest BCUT2D eigenvalue weighted by Crippen LogP contribution is -2.02. The van der Waals surface area contributed by atoms with Crippen molar-refractivity contribution in [3.8, 4) is 11.5 Å². The van der Waals surface area contributed by atoms with E-state index >= 15 is 0 Å². The summed E-state index contributed by atoms with van der Waals surface area (Å²) in [6, 6.07) is 4.20. The Morgan fingerprint density at radius 2 is 1.67 bits per heavy atom. The SMILES string of the molecule is CCCCOc1ccc2cc(OCC)c(F)c(F)c2c1F. The van der Waals surface area contributed by atoms with Crippen molar-refractivity contribution in [1.82, 2.24) is 0 Å². The molecule has 0 heterocycles. The van der Waals surface area contributed by atoms with Crippen molar-refractivity contribution in [2.24, 2.45) is 0 Å². The highest BCUT2D eigenvalue weighted by molar-refractivity contribution is 5.86. The van der Waals surface area contributed by atoms with Gasteiger partial charge in [-0.25, -0.2) is 8.78 Å². The summed E-state index contributed by atoms with van der Waals surface area (Å²) in [4.78, 5) is 0. The van der Waals surface area contributed by atoms with Crippen molar-refractivity contribution in [3.05, 3.63) is 35.7 Å². The fraction of sp³-hybridized carbons (Fsp3) is 0.375. The van der Waals surface area contributed by atoms with Gasteiger partial charge in [0.25, 0.3) is 0 Å². The second-order valence-electron chi connectivity index (χ2n) is 4.61. The third-order valence-electron chi connectivity index (χ3n) is 3.11. The number of fused-ring (bicyclic) bond motifs is 1. The molecule has 0 atom stereocenters. The fourth-order valence-electron chi connectivity index (χ4n) is 2.04. The molecule has 0 aromatic heterocycles. The molecule has 2 aromatic rings. The van der Waals surface area contributed by atoms with Crippen LogP contribution >= 0.6 is 0 Å². The van der Waals surface area contributed by atoms with Crippen molar-refractivity contribution in [2.45, 2.75) is 26.7 Å².